The largest absolute Gasteiger partial charge is 0.379 e. The first-order chi connectivity index (χ1) is 13.0. The van der Waals surface area contributed by atoms with E-state index in [2.05, 4.69) is 5.32 Å². The molecule has 0 aromatic heterocycles. The summed E-state index contributed by atoms with van der Waals surface area (Å²) in [6.45, 7) is 1.92. The van der Waals surface area contributed by atoms with E-state index in [1.807, 2.05) is 61.5 Å². The van der Waals surface area contributed by atoms with Crippen LogP contribution in [0.1, 0.15) is 22.8 Å². The second kappa shape index (κ2) is 7.18. The van der Waals surface area contributed by atoms with Gasteiger partial charge >= 0.3 is 0 Å². The molecule has 0 heterocycles. The van der Waals surface area contributed by atoms with E-state index < -0.39 is 16.2 Å². The van der Waals surface area contributed by atoms with Crippen LogP contribution in [0.3, 0.4) is 0 Å². The molecule has 2 atom stereocenters. The van der Waals surface area contributed by atoms with Crippen LogP contribution in [0.4, 0.5) is 5.69 Å². The lowest BCUT2D eigenvalue weighted by atomic mass is 10.1. The molecule has 138 valence electrons. The van der Waals surface area contributed by atoms with E-state index in [0.29, 0.717) is 6.42 Å². The standard InChI is InChI=1S/C22H21NO3S/c1-16-11-13-19(14-12-16)27(24,25)26-22-20-10-6-5-7-17(20)15-21(22)23-18-8-3-2-4-9-18/h2-14,21-23H,15H2,1H3. The Balaban J connectivity index is 1.65. The predicted molar refractivity (Wildman–Crippen MR) is 106 cm³/mol. The third kappa shape index (κ3) is 3.75. The van der Waals surface area contributed by atoms with Gasteiger partial charge < -0.3 is 5.32 Å². The Bertz CT molecular complexity index is 1030. The maximum atomic E-state index is 12.9. The van der Waals surface area contributed by atoms with E-state index in [-0.39, 0.29) is 10.9 Å². The molecule has 4 rings (SSSR count). The Morgan fingerprint density at radius 2 is 1.56 bits per heavy atom. The van der Waals surface area contributed by atoms with Crippen molar-refractivity contribution in [3.05, 3.63) is 95.6 Å². The molecule has 1 aliphatic rings. The summed E-state index contributed by atoms with van der Waals surface area (Å²) in [7, 11) is -3.87. The zero-order valence-electron chi connectivity index (χ0n) is 15.0. The number of fused-ring (bicyclic) bond motifs is 1. The smallest absolute Gasteiger partial charge is 0.297 e. The lowest BCUT2D eigenvalue weighted by Gasteiger charge is -2.23. The highest BCUT2D eigenvalue weighted by atomic mass is 32.2. The molecule has 3 aromatic carbocycles. The van der Waals surface area contributed by atoms with Gasteiger partial charge in [0.05, 0.1) is 10.9 Å². The molecule has 2 unspecified atom stereocenters. The number of para-hydroxylation sites is 1. The minimum atomic E-state index is -3.87. The van der Waals surface area contributed by atoms with Crippen LogP contribution in [-0.4, -0.2) is 14.5 Å². The SMILES string of the molecule is Cc1ccc(S(=O)(=O)OC2c3ccccc3CC2Nc2ccccc2)cc1. The Kier molecular flexibility index (Phi) is 4.72. The van der Waals surface area contributed by atoms with Crippen LogP contribution < -0.4 is 5.32 Å². The van der Waals surface area contributed by atoms with Crippen LogP contribution in [0.5, 0.6) is 0 Å². The van der Waals surface area contributed by atoms with E-state index in [0.717, 1.165) is 22.4 Å². The highest BCUT2D eigenvalue weighted by Crippen LogP contribution is 2.38. The molecule has 0 radical (unpaired) electrons. The van der Waals surface area contributed by atoms with Gasteiger partial charge in [-0.05, 0) is 48.7 Å². The predicted octanol–water partition coefficient (Wildman–Crippen LogP) is 4.48. The van der Waals surface area contributed by atoms with Crippen LogP contribution in [0, 0.1) is 6.92 Å². The first-order valence-electron chi connectivity index (χ1n) is 8.92. The van der Waals surface area contributed by atoms with Crippen molar-refractivity contribution in [3.8, 4) is 0 Å². The third-order valence-electron chi connectivity index (χ3n) is 4.83. The number of rotatable bonds is 5. The van der Waals surface area contributed by atoms with Crippen LogP contribution in [-0.2, 0) is 20.7 Å². The summed E-state index contributed by atoms with van der Waals surface area (Å²) in [4.78, 5) is 0.177. The van der Waals surface area contributed by atoms with Crippen molar-refractivity contribution in [3.63, 3.8) is 0 Å². The monoisotopic (exact) mass is 379 g/mol. The maximum absolute atomic E-state index is 12.9. The van der Waals surface area contributed by atoms with Gasteiger partial charge in [0.15, 0.2) is 0 Å². The normalized spacial score (nSPS) is 18.9. The molecular formula is C22H21NO3S. The molecule has 27 heavy (non-hydrogen) atoms. The van der Waals surface area contributed by atoms with Gasteiger partial charge in [0.1, 0.15) is 6.10 Å². The summed E-state index contributed by atoms with van der Waals surface area (Å²) in [6, 6.07) is 24.2. The molecule has 1 aliphatic carbocycles. The molecule has 0 bridgehead atoms. The van der Waals surface area contributed by atoms with Crippen molar-refractivity contribution in [2.45, 2.75) is 30.4 Å². The van der Waals surface area contributed by atoms with Gasteiger partial charge in [-0.1, -0.05) is 60.2 Å². The first kappa shape index (κ1) is 17.8. The highest BCUT2D eigenvalue weighted by molar-refractivity contribution is 7.86. The van der Waals surface area contributed by atoms with Crippen molar-refractivity contribution >= 4 is 15.8 Å². The number of hydrogen-bond acceptors (Lipinski definition) is 4. The van der Waals surface area contributed by atoms with E-state index in [4.69, 9.17) is 4.18 Å². The first-order valence-corrected chi connectivity index (χ1v) is 10.3. The lowest BCUT2D eigenvalue weighted by Crippen LogP contribution is -2.28. The molecule has 0 saturated carbocycles. The molecule has 0 fully saturated rings. The zero-order chi connectivity index (χ0) is 18.9. The number of nitrogens with one attached hydrogen (secondary N) is 1. The van der Waals surface area contributed by atoms with Crippen LogP contribution in [0.15, 0.2) is 83.8 Å². The number of anilines is 1. The average Bonchev–Trinajstić information content (AvgIpc) is 3.00. The maximum Gasteiger partial charge on any atom is 0.297 e. The number of hydrogen-bond donors (Lipinski definition) is 1. The van der Waals surface area contributed by atoms with Crippen molar-refractivity contribution < 1.29 is 12.6 Å². The van der Waals surface area contributed by atoms with Gasteiger partial charge in [-0.15, -0.1) is 0 Å². The van der Waals surface area contributed by atoms with Gasteiger partial charge in [-0.25, -0.2) is 0 Å². The van der Waals surface area contributed by atoms with E-state index >= 15 is 0 Å². The fourth-order valence-corrected chi connectivity index (χ4v) is 4.54. The molecule has 4 nitrogen and oxygen atoms in total. The van der Waals surface area contributed by atoms with Gasteiger partial charge in [0.2, 0.25) is 0 Å². The summed E-state index contributed by atoms with van der Waals surface area (Å²) < 4.78 is 31.5. The Hall–Kier alpha value is -2.63. The van der Waals surface area contributed by atoms with Crippen LogP contribution in [0.25, 0.3) is 0 Å². The number of benzene rings is 3. The summed E-state index contributed by atoms with van der Waals surface area (Å²) in [6.07, 6.45) is 0.131. The summed E-state index contributed by atoms with van der Waals surface area (Å²) >= 11 is 0. The van der Waals surface area contributed by atoms with E-state index in [9.17, 15) is 8.42 Å². The van der Waals surface area contributed by atoms with Gasteiger partial charge in [0.25, 0.3) is 10.1 Å². The van der Waals surface area contributed by atoms with Crippen molar-refractivity contribution in [2.24, 2.45) is 0 Å². The molecule has 3 aromatic rings. The molecular weight excluding hydrogens is 358 g/mol. The zero-order valence-corrected chi connectivity index (χ0v) is 15.8. The van der Waals surface area contributed by atoms with Gasteiger partial charge in [-0.3, -0.25) is 4.18 Å². The third-order valence-corrected chi connectivity index (χ3v) is 6.14. The fraction of sp³-hybridized carbons (Fsp3) is 0.182. The molecule has 5 heteroatoms. The molecule has 0 amide bonds. The van der Waals surface area contributed by atoms with Crippen LogP contribution in [0.2, 0.25) is 0 Å². The average molecular weight is 379 g/mol. The minimum absolute atomic E-state index is 0.162. The van der Waals surface area contributed by atoms with E-state index in [1.165, 1.54) is 0 Å². The van der Waals surface area contributed by atoms with Crippen molar-refractivity contribution in [1.82, 2.24) is 0 Å². The topological polar surface area (TPSA) is 55.4 Å². The summed E-state index contributed by atoms with van der Waals surface area (Å²) in [5.74, 6) is 0. The molecule has 0 spiro atoms. The second-order valence-corrected chi connectivity index (χ2v) is 8.38. The molecule has 1 N–H and O–H groups in total. The van der Waals surface area contributed by atoms with Gasteiger partial charge in [-0.2, -0.15) is 8.42 Å². The molecule has 0 saturated heterocycles. The quantitative estimate of drug-likeness (QED) is 0.664. The Labute approximate surface area is 159 Å². The molecule has 0 aliphatic heterocycles. The summed E-state index contributed by atoms with van der Waals surface area (Å²) in [5, 5.41) is 3.43. The second-order valence-electron chi connectivity index (χ2n) is 6.80. The van der Waals surface area contributed by atoms with Gasteiger partial charge in [0, 0.05) is 5.69 Å². The van der Waals surface area contributed by atoms with Crippen molar-refractivity contribution in [2.75, 3.05) is 5.32 Å². The Morgan fingerprint density at radius 3 is 2.30 bits per heavy atom. The summed E-state index contributed by atoms with van der Waals surface area (Å²) in [5.41, 5.74) is 3.97. The fourth-order valence-electron chi connectivity index (χ4n) is 3.45. The lowest BCUT2D eigenvalue weighted by molar-refractivity contribution is 0.202. The Morgan fingerprint density at radius 1 is 0.889 bits per heavy atom. The number of aryl methyl sites for hydroxylation is 1. The van der Waals surface area contributed by atoms with Crippen LogP contribution >= 0.6 is 0 Å². The highest BCUT2D eigenvalue weighted by Gasteiger charge is 2.37. The minimum Gasteiger partial charge on any atom is -0.379 e. The van der Waals surface area contributed by atoms with E-state index in [1.54, 1.807) is 24.3 Å². The van der Waals surface area contributed by atoms with Crippen molar-refractivity contribution in [1.29, 1.82) is 0 Å².